The number of thioether (sulfide) groups is 1. The number of hydrogen-bond acceptors (Lipinski definition) is 13. The Morgan fingerprint density at radius 2 is 1.98 bits per heavy atom. The number of aliphatic hydroxyl groups excluding tert-OH is 2. The molecule has 3 aromatic rings. The molecule has 0 amide bonds. The third-order valence-electron chi connectivity index (χ3n) is 6.71. The molecule has 42 heavy (non-hydrogen) atoms. The first kappa shape index (κ1) is 32.3. The lowest BCUT2D eigenvalue weighted by Crippen LogP contribution is -2.44. The van der Waals surface area contributed by atoms with E-state index in [-0.39, 0.29) is 42.4 Å². The number of nitrogens with two attached hydrogens (primary N) is 1. The minimum Gasteiger partial charge on any atom is -0.395 e. The maximum absolute atomic E-state index is 13.7. The molecule has 1 aliphatic rings. The third-order valence-corrected chi connectivity index (χ3v) is 9.46. The SMILES string of the molecule is CC(C)(CO)C(=O)SCCOP(=O)(NCc1ccccc1)OC[C@H]1O[C@@H](n2ccn3c(=O)nc(N)nc23)[C@@](C)(O)C1O. The number of ether oxygens (including phenoxy) is 1. The molecule has 2 aromatic heterocycles. The molecule has 0 radical (unpaired) electrons. The van der Waals surface area contributed by atoms with Gasteiger partial charge < -0.3 is 25.8 Å². The minimum absolute atomic E-state index is 0.0292. The summed E-state index contributed by atoms with van der Waals surface area (Å²) in [6.07, 6.45) is -1.11. The molecule has 0 saturated carbocycles. The first-order chi connectivity index (χ1) is 19.8. The molecule has 1 saturated heterocycles. The number of nitrogens with one attached hydrogen (secondary N) is 1. The van der Waals surface area contributed by atoms with Crippen LogP contribution >= 0.6 is 19.5 Å². The van der Waals surface area contributed by atoms with Crippen LogP contribution in [-0.4, -0.2) is 82.8 Å². The van der Waals surface area contributed by atoms with Crippen molar-refractivity contribution in [2.24, 2.45) is 5.41 Å². The molecule has 0 bridgehead atoms. The highest BCUT2D eigenvalue weighted by molar-refractivity contribution is 8.13. The predicted molar refractivity (Wildman–Crippen MR) is 153 cm³/mol. The Bertz CT molecular complexity index is 1500. The van der Waals surface area contributed by atoms with Gasteiger partial charge in [0, 0.05) is 24.7 Å². The number of fused-ring (bicyclic) bond motifs is 1. The van der Waals surface area contributed by atoms with E-state index in [9.17, 15) is 29.5 Å². The van der Waals surface area contributed by atoms with Gasteiger partial charge in [-0.25, -0.2) is 18.8 Å². The number of aliphatic hydroxyl groups is 3. The smallest absolute Gasteiger partial charge is 0.395 e. The second kappa shape index (κ2) is 12.9. The third kappa shape index (κ3) is 7.10. The lowest BCUT2D eigenvalue weighted by atomic mass is 9.97. The van der Waals surface area contributed by atoms with E-state index < -0.39 is 49.5 Å². The number of rotatable bonds is 13. The van der Waals surface area contributed by atoms with Crippen molar-refractivity contribution in [3.05, 3.63) is 58.8 Å². The van der Waals surface area contributed by atoms with E-state index in [4.69, 9.17) is 19.5 Å². The first-order valence-corrected chi connectivity index (χ1v) is 15.5. The highest BCUT2D eigenvalue weighted by Crippen LogP contribution is 2.46. The Labute approximate surface area is 245 Å². The Morgan fingerprint density at radius 1 is 1.26 bits per heavy atom. The van der Waals surface area contributed by atoms with Crippen molar-refractivity contribution in [1.29, 1.82) is 0 Å². The van der Waals surface area contributed by atoms with Crippen LogP contribution in [0.1, 0.15) is 32.6 Å². The zero-order chi connectivity index (χ0) is 30.7. The summed E-state index contributed by atoms with van der Waals surface area (Å²) in [7, 11) is -4.03. The number of benzene rings is 1. The summed E-state index contributed by atoms with van der Waals surface area (Å²) in [5, 5.41) is 34.0. The van der Waals surface area contributed by atoms with Crippen LogP contribution in [0.5, 0.6) is 0 Å². The first-order valence-electron chi connectivity index (χ1n) is 13.0. The maximum Gasteiger partial charge on any atom is 0.405 e. The number of aromatic nitrogens is 4. The Kier molecular flexibility index (Phi) is 9.92. The number of hydrogen-bond donors (Lipinski definition) is 5. The Hall–Kier alpha value is -2.66. The zero-order valence-electron chi connectivity index (χ0n) is 23.3. The molecule has 0 aliphatic carbocycles. The van der Waals surface area contributed by atoms with Crippen molar-refractivity contribution in [2.45, 2.75) is 51.4 Å². The summed E-state index contributed by atoms with van der Waals surface area (Å²) in [6, 6.07) is 9.10. The fraction of sp³-hybridized carbons (Fsp3) is 0.520. The van der Waals surface area contributed by atoms with Crippen molar-refractivity contribution >= 4 is 36.3 Å². The van der Waals surface area contributed by atoms with E-state index in [2.05, 4.69) is 15.1 Å². The van der Waals surface area contributed by atoms with Crippen molar-refractivity contribution in [3.63, 3.8) is 0 Å². The van der Waals surface area contributed by atoms with Crippen LogP contribution < -0.4 is 16.5 Å². The molecule has 17 heteroatoms. The van der Waals surface area contributed by atoms with Crippen LogP contribution in [0.3, 0.4) is 0 Å². The number of imidazole rings is 1. The van der Waals surface area contributed by atoms with Gasteiger partial charge in [-0.3, -0.25) is 18.4 Å². The zero-order valence-corrected chi connectivity index (χ0v) is 25.0. The van der Waals surface area contributed by atoms with Gasteiger partial charge >= 0.3 is 13.4 Å². The monoisotopic (exact) mass is 626 g/mol. The molecule has 0 spiro atoms. The number of carbonyl (C=O) groups is 1. The molecule has 5 atom stereocenters. The highest BCUT2D eigenvalue weighted by Gasteiger charge is 2.54. The quantitative estimate of drug-likeness (QED) is 0.131. The van der Waals surface area contributed by atoms with Crippen molar-refractivity contribution < 1.29 is 38.5 Å². The molecule has 1 fully saturated rings. The van der Waals surface area contributed by atoms with E-state index in [1.54, 1.807) is 13.8 Å². The van der Waals surface area contributed by atoms with E-state index in [1.807, 2.05) is 30.3 Å². The minimum atomic E-state index is -4.03. The fourth-order valence-corrected chi connectivity index (χ4v) is 6.37. The van der Waals surface area contributed by atoms with Gasteiger partial charge in [0.25, 0.3) is 0 Å². The summed E-state index contributed by atoms with van der Waals surface area (Å²) in [6.45, 7) is 3.80. The van der Waals surface area contributed by atoms with E-state index in [0.717, 1.165) is 21.7 Å². The lowest BCUT2D eigenvalue weighted by molar-refractivity contribution is -0.119. The van der Waals surface area contributed by atoms with Crippen molar-refractivity contribution in [3.8, 4) is 0 Å². The maximum atomic E-state index is 13.7. The second-order valence-corrected chi connectivity index (χ2v) is 13.5. The fourth-order valence-electron chi connectivity index (χ4n) is 4.13. The largest absolute Gasteiger partial charge is 0.405 e. The Balaban J connectivity index is 1.46. The van der Waals surface area contributed by atoms with E-state index >= 15 is 0 Å². The second-order valence-electron chi connectivity index (χ2n) is 10.6. The van der Waals surface area contributed by atoms with Gasteiger partial charge in [0.15, 0.2) is 11.3 Å². The van der Waals surface area contributed by atoms with Crippen molar-refractivity contribution in [2.75, 3.05) is 31.3 Å². The summed E-state index contributed by atoms with van der Waals surface area (Å²) < 4.78 is 33.3. The number of nitrogen functional groups attached to an aromatic ring is 1. The van der Waals surface area contributed by atoms with Gasteiger partial charge in [0.1, 0.15) is 17.8 Å². The highest BCUT2D eigenvalue weighted by atomic mass is 32.2. The summed E-state index contributed by atoms with van der Waals surface area (Å²) in [5.41, 5.74) is 2.93. The summed E-state index contributed by atoms with van der Waals surface area (Å²) in [5.74, 6) is -0.102. The van der Waals surface area contributed by atoms with Gasteiger partial charge in [0.05, 0.1) is 25.2 Å². The lowest BCUT2D eigenvalue weighted by Gasteiger charge is -2.27. The summed E-state index contributed by atoms with van der Waals surface area (Å²) >= 11 is 0.936. The van der Waals surface area contributed by atoms with Crippen LogP contribution in [0.4, 0.5) is 5.95 Å². The molecular formula is C25H35N6O9PS. The van der Waals surface area contributed by atoms with Crippen LogP contribution in [0.25, 0.3) is 5.78 Å². The molecule has 4 rings (SSSR count). The van der Waals surface area contributed by atoms with Gasteiger partial charge in [-0.1, -0.05) is 42.1 Å². The van der Waals surface area contributed by atoms with Crippen LogP contribution in [0, 0.1) is 5.41 Å². The molecule has 3 heterocycles. The molecule has 2 unspecified atom stereocenters. The van der Waals surface area contributed by atoms with Gasteiger partial charge in [-0.15, -0.1) is 0 Å². The van der Waals surface area contributed by atoms with E-state index in [1.165, 1.54) is 23.9 Å². The predicted octanol–water partition coefficient (Wildman–Crippen LogP) is 0.692. The standard InChI is InChI=1S/C25H35N6O9PS/c1-24(2,15-32)20(34)42-12-11-38-41(37,27-13-16-7-5-4-6-8-16)39-14-17-18(33)25(3,36)19(40-17)30-9-10-31-22(30)28-21(26)29-23(31)35/h4-10,17-19,32-33,36H,11-15H2,1-3H3,(H,27,37)(H2,26,29,35)/t17-,18?,19-,25+,41?/m1/s1. The van der Waals surface area contributed by atoms with Crippen LogP contribution in [0.15, 0.2) is 47.5 Å². The number of carbonyl (C=O) groups excluding carboxylic acids is 1. The Morgan fingerprint density at radius 3 is 2.67 bits per heavy atom. The van der Waals surface area contributed by atoms with Crippen LogP contribution in [-0.2, 0) is 29.7 Å². The normalized spacial score (nSPS) is 24.2. The topological polar surface area (TPSA) is 213 Å². The molecule has 1 aliphatic heterocycles. The number of anilines is 1. The number of nitrogens with zero attached hydrogens (tertiary/aromatic N) is 4. The molecule has 1 aromatic carbocycles. The average molecular weight is 627 g/mol. The average Bonchev–Trinajstić information content (AvgIpc) is 3.47. The van der Waals surface area contributed by atoms with Gasteiger partial charge in [-0.05, 0) is 26.3 Å². The van der Waals surface area contributed by atoms with Gasteiger partial charge in [-0.2, -0.15) is 9.97 Å². The van der Waals surface area contributed by atoms with Crippen molar-refractivity contribution in [1.82, 2.24) is 24.0 Å². The van der Waals surface area contributed by atoms with Crippen LogP contribution in [0.2, 0.25) is 0 Å². The molecule has 15 nitrogen and oxygen atoms in total. The van der Waals surface area contributed by atoms with E-state index in [0.29, 0.717) is 0 Å². The molecule has 6 N–H and O–H groups in total. The van der Waals surface area contributed by atoms with Gasteiger partial charge in [0.2, 0.25) is 11.7 Å². The molecule has 230 valence electrons. The summed E-state index contributed by atoms with van der Waals surface area (Å²) in [4.78, 5) is 32.1. The molecular weight excluding hydrogens is 591 g/mol.